The first kappa shape index (κ1) is 20.8. The Morgan fingerprint density at radius 2 is 1.81 bits per heavy atom. The lowest BCUT2D eigenvalue weighted by atomic mass is 10.1. The van der Waals surface area contributed by atoms with Gasteiger partial charge in [0.25, 0.3) is 0 Å². The monoisotopic (exact) mass is 388 g/mol. The zero-order valence-electron chi connectivity index (χ0n) is 15.9. The van der Waals surface area contributed by atoms with E-state index in [-0.39, 0.29) is 24.8 Å². The number of methoxy groups -OCH3 is 1. The number of likely N-dealkylation sites (N-methyl/N-ethyl adjacent to an activating group) is 1. The summed E-state index contributed by atoms with van der Waals surface area (Å²) < 4.78 is 5.15. The van der Waals surface area contributed by atoms with Crippen molar-refractivity contribution in [3.8, 4) is 5.75 Å². The molecular formula is C21H25ClN2O3. The fraction of sp³-hybridized carbons (Fsp3) is 0.333. The van der Waals surface area contributed by atoms with Crippen molar-refractivity contribution in [3.05, 3.63) is 64.7 Å². The largest absolute Gasteiger partial charge is 0.497 e. The standard InChI is InChI=1S/C21H25ClN2O3/c1-4-19(21(26)23-2)24(14-16-7-5-6-8-18(16)22)20(25)13-15-9-11-17(27-3)12-10-15/h5-12,19H,4,13-14H2,1-3H3,(H,23,26)/t19-/m1/s1. The molecular weight excluding hydrogens is 364 g/mol. The van der Waals surface area contributed by atoms with Gasteiger partial charge in [-0.1, -0.05) is 48.9 Å². The van der Waals surface area contributed by atoms with Crippen LogP contribution in [0.2, 0.25) is 5.02 Å². The number of hydrogen-bond donors (Lipinski definition) is 1. The molecule has 2 aromatic rings. The number of amides is 2. The van der Waals surface area contributed by atoms with Crippen LogP contribution in [0.1, 0.15) is 24.5 Å². The highest BCUT2D eigenvalue weighted by Gasteiger charge is 2.28. The van der Waals surface area contributed by atoms with Crippen molar-refractivity contribution in [2.24, 2.45) is 0 Å². The van der Waals surface area contributed by atoms with E-state index in [1.807, 2.05) is 49.4 Å². The molecule has 0 aromatic heterocycles. The molecule has 1 N–H and O–H groups in total. The van der Waals surface area contributed by atoms with E-state index >= 15 is 0 Å². The number of carbonyl (C=O) groups is 2. The lowest BCUT2D eigenvalue weighted by molar-refractivity contribution is -0.140. The summed E-state index contributed by atoms with van der Waals surface area (Å²) in [5, 5.41) is 3.22. The molecule has 5 nitrogen and oxygen atoms in total. The van der Waals surface area contributed by atoms with Crippen LogP contribution in [0.3, 0.4) is 0 Å². The minimum absolute atomic E-state index is 0.129. The molecule has 27 heavy (non-hydrogen) atoms. The molecule has 0 aliphatic carbocycles. The second-order valence-electron chi connectivity index (χ2n) is 6.18. The lowest BCUT2D eigenvalue weighted by Crippen LogP contribution is -2.48. The van der Waals surface area contributed by atoms with Crippen LogP contribution in [0.5, 0.6) is 5.75 Å². The van der Waals surface area contributed by atoms with Crippen LogP contribution in [0.15, 0.2) is 48.5 Å². The van der Waals surface area contributed by atoms with Gasteiger partial charge in [-0.15, -0.1) is 0 Å². The first-order chi connectivity index (χ1) is 13.0. The van der Waals surface area contributed by atoms with Gasteiger partial charge in [0, 0.05) is 18.6 Å². The second kappa shape index (κ2) is 9.97. The summed E-state index contributed by atoms with van der Waals surface area (Å²) in [6.07, 6.45) is 0.709. The maximum atomic E-state index is 13.1. The molecule has 0 fully saturated rings. The van der Waals surface area contributed by atoms with Gasteiger partial charge in [0.1, 0.15) is 11.8 Å². The van der Waals surface area contributed by atoms with Crippen molar-refractivity contribution in [2.45, 2.75) is 32.4 Å². The number of hydrogen-bond acceptors (Lipinski definition) is 3. The Hall–Kier alpha value is -2.53. The molecule has 0 saturated carbocycles. The van der Waals surface area contributed by atoms with Gasteiger partial charge in [-0.3, -0.25) is 9.59 Å². The third kappa shape index (κ3) is 5.47. The molecule has 0 spiro atoms. The summed E-state index contributed by atoms with van der Waals surface area (Å²) in [6.45, 7) is 2.17. The van der Waals surface area contributed by atoms with Crippen molar-refractivity contribution >= 4 is 23.4 Å². The maximum absolute atomic E-state index is 13.1. The van der Waals surface area contributed by atoms with Crippen LogP contribution < -0.4 is 10.1 Å². The second-order valence-corrected chi connectivity index (χ2v) is 6.58. The number of carbonyl (C=O) groups excluding carboxylic acids is 2. The number of nitrogens with zero attached hydrogens (tertiary/aromatic N) is 1. The summed E-state index contributed by atoms with van der Waals surface area (Å²) >= 11 is 6.28. The van der Waals surface area contributed by atoms with Gasteiger partial charge in [-0.05, 0) is 35.7 Å². The Balaban J connectivity index is 2.27. The maximum Gasteiger partial charge on any atom is 0.242 e. The Morgan fingerprint density at radius 3 is 2.37 bits per heavy atom. The SMILES string of the molecule is CC[C@H](C(=O)NC)N(Cc1ccccc1Cl)C(=O)Cc1ccc(OC)cc1. The lowest BCUT2D eigenvalue weighted by Gasteiger charge is -2.30. The summed E-state index contributed by atoms with van der Waals surface area (Å²) in [7, 11) is 3.17. The van der Waals surface area contributed by atoms with Gasteiger partial charge in [0.15, 0.2) is 0 Å². The van der Waals surface area contributed by atoms with Gasteiger partial charge < -0.3 is 15.0 Å². The van der Waals surface area contributed by atoms with E-state index in [4.69, 9.17) is 16.3 Å². The zero-order chi connectivity index (χ0) is 19.8. The molecule has 6 heteroatoms. The van der Waals surface area contributed by atoms with E-state index in [1.54, 1.807) is 25.1 Å². The zero-order valence-corrected chi connectivity index (χ0v) is 16.6. The molecule has 0 saturated heterocycles. The van der Waals surface area contributed by atoms with Gasteiger partial charge in [0.2, 0.25) is 11.8 Å². The number of halogens is 1. The van der Waals surface area contributed by atoms with Gasteiger partial charge in [0.05, 0.1) is 13.5 Å². The molecule has 0 radical (unpaired) electrons. The quantitative estimate of drug-likeness (QED) is 0.753. The minimum Gasteiger partial charge on any atom is -0.497 e. The average Bonchev–Trinajstić information content (AvgIpc) is 2.69. The van der Waals surface area contributed by atoms with Crippen LogP contribution in [0, 0.1) is 0 Å². The van der Waals surface area contributed by atoms with E-state index in [0.717, 1.165) is 16.9 Å². The summed E-state index contributed by atoms with van der Waals surface area (Å²) in [4.78, 5) is 27.0. The van der Waals surface area contributed by atoms with E-state index in [0.29, 0.717) is 11.4 Å². The van der Waals surface area contributed by atoms with Crippen molar-refractivity contribution in [2.75, 3.05) is 14.2 Å². The van der Waals surface area contributed by atoms with Gasteiger partial charge in [-0.25, -0.2) is 0 Å². The van der Waals surface area contributed by atoms with E-state index < -0.39 is 6.04 Å². The fourth-order valence-electron chi connectivity index (χ4n) is 2.92. The van der Waals surface area contributed by atoms with Crippen molar-refractivity contribution in [1.29, 1.82) is 0 Å². The molecule has 1 atom stereocenters. The van der Waals surface area contributed by atoms with E-state index in [9.17, 15) is 9.59 Å². The van der Waals surface area contributed by atoms with Gasteiger partial charge >= 0.3 is 0 Å². The molecule has 144 valence electrons. The number of rotatable bonds is 8. The molecule has 0 unspecified atom stereocenters. The van der Waals surface area contributed by atoms with E-state index in [1.165, 1.54) is 0 Å². The Labute approximate surface area is 165 Å². The Kier molecular flexibility index (Phi) is 7.67. The summed E-state index contributed by atoms with van der Waals surface area (Å²) in [5.41, 5.74) is 1.67. The van der Waals surface area contributed by atoms with Crippen molar-refractivity contribution in [3.63, 3.8) is 0 Å². The van der Waals surface area contributed by atoms with Crippen molar-refractivity contribution in [1.82, 2.24) is 10.2 Å². The minimum atomic E-state index is -0.558. The molecule has 2 aromatic carbocycles. The number of nitrogens with one attached hydrogen (secondary N) is 1. The average molecular weight is 389 g/mol. The molecule has 2 rings (SSSR count). The molecule has 0 bridgehead atoms. The van der Waals surface area contributed by atoms with Crippen LogP contribution >= 0.6 is 11.6 Å². The Morgan fingerprint density at radius 1 is 1.15 bits per heavy atom. The molecule has 2 amide bonds. The normalized spacial score (nSPS) is 11.6. The number of benzene rings is 2. The molecule has 0 heterocycles. The molecule has 0 aliphatic rings. The fourth-order valence-corrected chi connectivity index (χ4v) is 3.11. The predicted octanol–water partition coefficient (Wildman–Crippen LogP) is 3.44. The highest BCUT2D eigenvalue weighted by molar-refractivity contribution is 6.31. The first-order valence-corrected chi connectivity index (χ1v) is 9.25. The predicted molar refractivity (Wildman–Crippen MR) is 107 cm³/mol. The third-order valence-electron chi connectivity index (χ3n) is 4.45. The van der Waals surface area contributed by atoms with Crippen LogP contribution in [-0.2, 0) is 22.6 Å². The smallest absolute Gasteiger partial charge is 0.242 e. The summed E-state index contributed by atoms with van der Waals surface area (Å²) in [5.74, 6) is 0.416. The van der Waals surface area contributed by atoms with Gasteiger partial charge in [-0.2, -0.15) is 0 Å². The van der Waals surface area contributed by atoms with Crippen LogP contribution in [0.25, 0.3) is 0 Å². The highest BCUT2D eigenvalue weighted by Crippen LogP contribution is 2.21. The highest BCUT2D eigenvalue weighted by atomic mass is 35.5. The van der Waals surface area contributed by atoms with E-state index in [2.05, 4.69) is 5.32 Å². The van der Waals surface area contributed by atoms with Crippen molar-refractivity contribution < 1.29 is 14.3 Å². The molecule has 0 aliphatic heterocycles. The van der Waals surface area contributed by atoms with Crippen LogP contribution in [-0.4, -0.2) is 36.9 Å². The third-order valence-corrected chi connectivity index (χ3v) is 4.81. The topological polar surface area (TPSA) is 58.6 Å². The first-order valence-electron chi connectivity index (χ1n) is 8.87. The van der Waals surface area contributed by atoms with Crippen LogP contribution in [0.4, 0.5) is 0 Å². The number of ether oxygens (including phenoxy) is 1. The summed E-state index contributed by atoms with van der Waals surface area (Å²) in [6, 6.07) is 14.1. The Bertz CT molecular complexity index is 777.